The fraction of sp³-hybridized carbons (Fsp3) is 0.308. The van der Waals surface area contributed by atoms with E-state index in [1.165, 1.54) is 11.8 Å². The smallest absolute Gasteiger partial charge is 0.177 e. The van der Waals surface area contributed by atoms with Crippen LogP contribution < -0.4 is 0 Å². The molecule has 0 unspecified atom stereocenters. The number of H-pyrrole nitrogens is 1. The Bertz CT molecular complexity index is 700. The molecule has 92 valence electrons. The minimum absolute atomic E-state index is 0.166. The molecule has 0 bridgehead atoms. The SMILES string of the molecule is Fc1cccc(Cl)c1[C@]12C[C@H]1c1c[nH]c(=S)n1C2. The first kappa shape index (κ1) is 10.8. The zero-order valence-electron chi connectivity index (χ0n) is 9.41. The third-order valence-corrected chi connectivity index (χ3v) is 4.89. The molecule has 1 aromatic heterocycles. The van der Waals surface area contributed by atoms with Crippen molar-refractivity contribution in [1.29, 1.82) is 0 Å². The second-order valence-electron chi connectivity index (χ2n) is 5.11. The number of benzene rings is 1. The number of hydrogen-bond donors (Lipinski definition) is 1. The summed E-state index contributed by atoms with van der Waals surface area (Å²) in [6.07, 6.45) is 2.90. The molecule has 1 N–H and O–H groups in total. The van der Waals surface area contributed by atoms with Crippen LogP contribution in [0.4, 0.5) is 4.39 Å². The molecule has 1 fully saturated rings. The van der Waals surface area contributed by atoms with Crippen LogP contribution in [0.25, 0.3) is 0 Å². The predicted molar refractivity (Wildman–Crippen MR) is 70.1 cm³/mol. The maximum absolute atomic E-state index is 14.1. The molecule has 5 heteroatoms. The summed E-state index contributed by atoms with van der Waals surface area (Å²) in [5.41, 5.74) is 1.68. The zero-order chi connectivity index (χ0) is 12.5. The van der Waals surface area contributed by atoms with Crippen LogP contribution in [0.1, 0.15) is 23.6 Å². The Balaban J connectivity index is 1.89. The van der Waals surface area contributed by atoms with Gasteiger partial charge in [0.25, 0.3) is 0 Å². The molecule has 1 aliphatic heterocycles. The molecule has 1 saturated carbocycles. The van der Waals surface area contributed by atoms with Crippen molar-refractivity contribution in [1.82, 2.24) is 9.55 Å². The van der Waals surface area contributed by atoms with Crippen LogP contribution in [0.2, 0.25) is 5.02 Å². The first-order valence-electron chi connectivity index (χ1n) is 5.86. The van der Waals surface area contributed by atoms with Gasteiger partial charge in [0.1, 0.15) is 5.82 Å². The first-order valence-corrected chi connectivity index (χ1v) is 6.65. The summed E-state index contributed by atoms with van der Waals surface area (Å²) < 4.78 is 16.9. The van der Waals surface area contributed by atoms with E-state index in [2.05, 4.69) is 9.55 Å². The Kier molecular flexibility index (Phi) is 1.94. The van der Waals surface area contributed by atoms with Gasteiger partial charge in [-0.1, -0.05) is 17.7 Å². The third-order valence-electron chi connectivity index (χ3n) is 4.23. The second-order valence-corrected chi connectivity index (χ2v) is 5.91. The number of nitrogens with zero attached hydrogens (tertiary/aromatic N) is 1. The third kappa shape index (κ3) is 1.15. The monoisotopic (exact) mass is 280 g/mol. The largest absolute Gasteiger partial charge is 0.337 e. The molecular formula is C13H10ClFN2S. The molecular weight excluding hydrogens is 271 g/mol. The molecule has 0 spiro atoms. The predicted octanol–water partition coefficient (Wildman–Crippen LogP) is 3.78. The van der Waals surface area contributed by atoms with Crippen LogP contribution in [0.3, 0.4) is 0 Å². The molecule has 2 atom stereocenters. The molecule has 2 aliphatic rings. The molecule has 0 saturated heterocycles. The van der Waals surface area contributed by atoms with Crippen molar-refractivity contribution in [3.63, 3.8) is 0 Å². The van der Waals surface area contributed by atoms with Crippen LogP contribution in [-0.2, 0) is 12.0 Å². The Morgan fingerprint density at radius 1 is 1.50 bits per heavy atom. The van der Waals surface area contributed by atoms with Gasteiger partial charge in [0.2, 0.25) is 0 Å². The average Bonchev–Trinajstić information content (AvgIpc) is 2.77. The van der Waals surface area contributed by atoms with E-state index in [9.17, 15) is 4.39 Å². The van der Waals surface area contributed by atoms with E-state index in [-0.39, 0.29) is 11.2 Å². The van der Waals surface area contributed by atoms with Gasteiger partial charge in [0, 0.05) is 40.4 Å². The fourth-order valence-electron chi connectivity index (χ4n) is 3.34. The lowest BCUT2D eigenvalue weighted by atomic mass is 9.94. The molecule has 2 aromatic rings. The highest BCUT2D eigenvalue weighted by atomic mass is 35.5. The molecule has 2 heterocycles. The van der Waals surface area contributed by atoms with Gasteiger partial charge in [-0.3, -0.25) is 0 Å². The molecule has 18 heavy (non-hydrogen) atoms. The summed E-state index contributed by atoms with van der Waals surface area (Å²) in [5, 5.41) is 0.526. The van der Waals surface area contributed by atoms with Gasteiger partial charge in [-0.05, 0) is 30.8 Å². The van der Waals surface area contributed by atoms with Crippen molar-refractivity contribution in [3.8, 4) is 0 Å². The number of aromatic nitrogens is 2. The van der Waals surface area contributed by atoms with Gasteiger partial charge in [-0.15, -0.1) is 0 Å². The number of halogens is 2. The van der Waals surface area contributed by atoms with Crippen molar-refractivity contribution in [2.75, 3.05) is 0 Å². The molecule has 0 radical (unpaired) electrons. The number of hydrogen-bond acceptors (Lipinski definition) is 1. The highest BCUT2D eigenvalue weighted by Gasteiger charge is 2.63. The number of fused-ring (bicyclic) bond motifs is 3. The average molecular weight is 281 g/mol. The highest BCUT2D eigenvalue weighted by Crippen LogP contribution is 2.66. The Hall–Kier alpha value is -1.13. The van der Waals surface area contributed by atoms with Crippen LogP contribution >= 0.6 is 23.8 Å². The fourth-order valence-corrected chi connectivity index (χ4v) is 3.92. The van der Waals surface area contributed by atoms with E-state index in [0.717, 1.165) is 13.0 Å². The lowest BCUT2D eigenvalue weighted by Crippen LogP contribution is -2.15. The normalized spacial score (nSPS) is 28.0. The highest BCUT2D eigenvalue weighted by molar-refractivity contribution is 7.71. The number of rotatable bonds is 1. The molecule has 1 aromatic carbocycles. The number of aromatic amines is 1. The Morgan fingerprint density at radius 2 is 2.33 bits per heavy atom. The summed E-state index contributed by atoms with van der Waals surface area (Å²) in [6.45, 7) is 0.732. The molecule has 4 rings (SSSR count). The molecule has 0 amide bonds. The maximum Gasteiger partial charge on any atom is 0.177 e. The van der Waals surface area contributed by atoms with E-state index in [1.807, 2.05) is 6.20 Å². The lowest BCUT2D eigenvalue weighted by molar-refractivity contribution is 0.530. The van der Waals surface area contributed by atoms with Crippen molar-refractivity contribution >= 4 is 23.8 Å². The van der Waals surface area contributed by atoms with E-state index < -0.39 is 0 Å². The maximum atomic E-state index is 14.1. The summed E-state index contributed by atoms with van der Waals surface area (Å²) in [7, 11) is 0. The van der Waals surface area contributed by atoms with E-state index in [0.29, 0.717) is 21.3 Å². The van der Waals surface area contributed by atoms with Crippen molar-refractivity contribution in [2.45, 2.75) is 24.3 Å². The van der Waals surface area contributed by atoms with Crippen LogP contribution in [-0.4, -0.2) is 9.55 Å². The van der Waals surface area contributed by atoms with Crippen LogP contribution in [0.5, 0.6) is 0 Å². The van der Waals surface area contributed by atoms with E-state index >= 15 is 0 Å². The summed E-state index contributed by atoms with van der Waals surface area (Å²) in [6, 6.07) is 4.90. The summed E-state index contributed by atoms with van der Waals surface area (Å²) >= 11 is 11.4. The van der Waals surface area contributed by atoms with Crippen molar-refractivity contribution in [3.05, 3.63) is 51.3 Å². The zero-order valence-corrected chi connectivity index (χ0v) is 11.0. The molecule has 2 nitrogen and oxygen atoms in total. The van der Waals surface area contributed by atoms with Crippen LogP contribution in [0, 0.1) is 10.6 Å². The minimum Gasteiger partial charge on any atom is -0.337 e. The second kappa shape index (κ2) is 3.25. The van der Waals surface area contributed by atoms with Gasteiger partial charge in [0.15, 0.2) is 4.77 Å². The van der Waals surface area contributed by atoms with Gasteiger partial charge in [-0.25, -0.2) is 4.39 Å². The van der Waals surface area contributed by atoms with Gasteiger partial charge in [0.05, 0.1) is 0 Å². The Morgan fingerprint density at radius 3 is 3.06 bits per heavy atom. The number of nitrogens with one attached hydrogen (secondary N) is 1. The van der Waals surface area contributed by atoms with Gasteiger partial charge < -0.3 is 9.55 Å². The quantitative estimate of drug-likeness (QED) is 0.789. The van der Waals surface area contributed by atoms with Crippen molar-refractivity contribution < 1.29 is 4.39 Å². The summed E-state index contributed by atoms with van der Waals surface area (Å²) in [4.78, 5) is 3.05. The standard InChI is InChI=1S/C13H10ClFN2S/c14-8-2-1-3-9(15)11(8)13-4-7(13)10-5-16-12(18)17(10)6-13/h1-3,5,7H,4,6H2,(H,16,18)/t7-,13-/m0/s1. The topological polar surface area (TPSA) is 20.7 Å². The summed E-state index contributed by atoms with van der Waals surface area (Å²) in [5.74, 6) is 0.144. The van der Waals surface area contributed by atoms with Gasteiger partial charge in [-0.2, -0.15) is 0 Å². The van der Waals surface area contributed by atoms with Crippen molar-refractivity contribution in [2.24, 2.45) is 0 Å². The van der Waals surface area contributed by atoms with Crippen LogP contribution in [0.15, 0.2) is 24.4 Å². The Labute approximate surface area is 113 Å². The molecule has 1 aliphatic carbocycles. The number of imidazole rings is 1. The minimum atomic E-state index is -0.203. The van der Waals surface area contributed by atoms with Gasteiger partial charge >= 0.3 is 0 Å². The first-order chi connectivity index (χ1) is 8.63. The van der Waals surface area contributed by atoms with E-state index in [4.69, 9.17) is 23.8 Å². The van der Waals surface area contributed by atoms with E-state index in [1.54, 1.807) is 12.1 Å². The lowest BCUT2D eigenvalue weighted by Gasteiger charge is -2.15.